The molecule has 96 valence electrons. The molecular weight excluding hydrogens is 238 g/mol. The van der Waals surface area contributed by atoms with Crippen molar-refractivity contribution in [2.45, 2.75) is 6.92 Å². The normalized spacial score (nSPS) is 9.61. The van der Waals surface area contributed by atoms with Crippen LogP contribution in [-0.4, -0.2) is 24.5 Å². The number of benzene rings is 1. The monoisotopic (exact) mass is 251 g/mol. The van der Waals surface area contributed by atoms with Crippen LogP contribution in [0.25, 0.3) is 0 Å². The molecule has 0 aromatic heterocycles. The van der Waals surface area contributed by atoms with Crippen LogP contribution in [0.5, 0.6) is 0 Å². The molecule has 1 rings (SSSR count). The Morgan fingerprint density at radius 1 is 1.33 bits per heavy atom. The van der Waals surface area contributed by atoms with Gasteiger partial charge in [-0.2, -0.15) is 0 Å². The van der Waals surface area contributed by atoms with Crippen molar-refractivity contribution in [3.05, 3.63) is 29.3 Å². The van der Waals surface area contributed by atoms with E-state index in [9.17, 15) is 14.4 Å². The lowest BCUT2D eigenvalue weighted by Gasteiger charge is -2.08. The second-order valence-corrected chi connectivity index (χ2v) is 3.53. The Kier molecular flexibility index (Phi) is 4.25. The lowest BCUT2D eigenvalue weighted by atomic mass is 10.1. The summed E-state index contributed by atoms with van der Waals surface area (Å²) in [6, 6.07) is 3.93. The van der Waals surface area contributed by atoms with Gasteiger partial charge in [0.1, 0.15) is 0 Å². The van der Waals surface area contributed by atoms with Gasteiger partial charge in [0.05, 0.1) is 5.56 Å². The zero-order chi connectivity index (χ0) is 13.7. The van der Waals surface area contributed by atoms with Crippen LogP contribution in [0.1, 0.15) is 15.9 Å². The number of rotatable bonds is 3. The van der Waals surface area contributed by atoms with Crippen LogP contribution >= 0.6 is 0 Å². The zero-order valence-corrected chi connectivity index (χ0v) is 9.73. The van der Waals surface area contributed by atoms with Crippen molar-refractivity contribution in [2.24, 2.45) is 5.73 Å². The topological polar surface area (TPSA) is 125 Å². The second-order valence-electron chi connectivity index (χ2n) is 3.53. The number of primary amides is 1. The molecule has 0 fully saturated rings. The maximum atomic E-state index is 11.7. The van der Waals surface area contributed by atoms with E-state index < -0.39 is 24.5 Å². The number of nitrogen functional groups attached to an aromatic ring is 1. The van der Waals surface area contributed by atoms with Gasteiger partial charge in [0.15, 0.2) is 6.61 Å². The van der Waals surface area contributed by atoms with Gasteiger partial charge >= 0.3 is 12.0 Å². The number of urea groups is 1. The lowest BCUT2D eigenvalue weighted by molar-refractivity contribution is -0.123. The minimum Gasteiger partial charge on any atom is -0.452 e. The van der Waals surface area contributed by atoms with E-state index in [4.69, 9.17) is 16.2 Å². The van der Waals surface area contributed by atoms with Gasteiger partial charge in [-0.05, 0) is 18.6 Å². The highest BCUT2D eigenvalue weighted by Gasteiger charge is 2.15. The third kappa shape index (κ3) is 3.48. The minimum absolute atomic E-state index is 0.198. The van der Waals surface area contributed by atoms with E-state index in [-0.39, 0.29) is 11.3 Å². The molecule has 0 bridgehead atoms. The van der Waals surface area contributed by atoms with Crippen LogP contribution in [0.2, 0.25) is 0 Å². The van der Waals surface area contributed by atoms with Crippen LogP contribution in [-0.2, 0) is 9.53 Å². The Labute approximate surface area is 103 Å². The first kappa shape index (κ1) is 13.5. The van der Waals surface area contributed by atoms with Crippen LogP contribution in [0.15, 0.2) is 18.2 Å². The summed E-state index contributed by atoms with van der Waals surface area (Å²) in [5.41, 5.74) is 11.5. The molecule has 7 nitrogen and oxygen atoms in total. The van der Waals surface area contributed by atoms with Gasteiger partial charge in [-0.3, -0.25) is 10.1 Å². The molecule has 0 atom stereocenters. The third-order valence-corrected chi connectivity index (χ3v) is 2.11. The fourth-order valence-electron chi connectivity index (χ4n) is 1.35. The molecule has 0 spiro atoms. The highest BCUT2D eigenvalue weighted by Crippen LogP contribution is 2.17. The molecule has 0 aliphatic rings. The number of carbonyl (C=O) groups is 3. The molecular formula is C11H13N3O4. The number of esters is 1. The van der Waals surface area contributed by atoms with Gasteiger partial charge in [-0.15, -0.1) is 0 Å². The quantitative estimate of drug-likeness (QED) is 0.512. The van der Waals surface area contributed by atoms with E-state index in [2.05, 4.69) is 0 Å². The Hall–Kier alpha value is -2.57. The second kappa shape index (κ2) is 5.67. The number of nitrogens with two attached hydrogens (primary N) is 2. The van der Waals surface area contributed by atoms with E-state index in [0.29, 0.717) is 5.56 Å². The van der Waals surface area contributed by atoms with Crippen molar-refractivity contribution in [1.82, 2.24) is 5.32 Å². The molecule has 18 heavy (non-hydrogen) atoms. The highest BCUT2D eigenvalue weighted by molar-refractivity contribution is 5.99. The lowest BCUT2D eigenvalue weighted by Crippen LogP contribution is -2.37. The van der Waals surface area contributed by atoms with Gasteiger partial charge in [-0.1, -0.05) is 12.1 Å². The maximum absolute atomic E-state index is 11.7. The fraction of sp³-hybridized carbons (Fsp3) is 0.182. The van der Waals surface area contributed by atoms with Gasteiger partial charge in [0.25, 0.3) is 5.91 Å². The average Bonchev–Trinajstić information content (AvgIpc) is 2.25. The largest absolute Gasteiger partial charge is 0.452 e. The number of carbonyl (C=O) groups excluding carboxylic acids is 3. The summed E-state index contributed by atoms with van der Waals surface area (Å²) in [6.07, 6.45) is 0. The summed E-state index contributed by atoms with van der Waals surface area (Å²) in [5, 5.41) is 1.77. The average molecular weight is 251 g/mol. The highest BCUT2D eigenvalue weighted by atomic mass is 16.5. The molecule has 0 aliphatic carbocycles. The van der Waals surface area contributed by atoms with Crippen LogP contribution < -0.4 is 16.8 Å². The van der Waals surface area contributed by atoms with Crippen molar-refractivity contribution >= 4 is 23.6 Å². The summed E-state index contributed by atoms with van der Waals surface area (Å²) in [7, 11) is 0. The minimum atomic E-state index is -1.01. The number of hydrogen-bond acceptors (Lipinski definition) is 5. The SMILES string of the molecule is Cc1cccc(N)c1C(=O)OCC(=O)NC(N)=O. The van der Waals surface area contributed by atoms with Crippen molar-refractivity contribution in [3.63, 3.8) is 0 Å². The van der Waals surface area contributed by atoms with Crippen molar-refractivity contribution in [3.8, 4) is 0 Å². The number of nitrogens with one attached hydrogen (secondary N) is 1. The molecule has 1 aromatic rings. The number of anilines is 1. The van der Waals surface area contributed by atoms with Crippen molar-refractivity contribution in [2.75, 3.05) is 12.3 Å². The molecule has 0 heterocycles. The molecule has 7 heteroatoms. The molecule has 0 saturated heterocycles. The summed E-state index contributed by atoms with van der Waals surface area (Å²) >= 11 is 0. The molecule has 1 aromatic carbocycles. The number of hydrogen-bond donors (Lipinski definition) is 3. The molecule has 5 N–H and O–H groups in total. The van der Waals surface area contributed by atoms with Crippen molar-refractivity contribution < 1.29 is 19.1 Å². The number of aryl methyl sites for hydroxylation is 1. The molecule has 3 amide bonds. The van der Waals surface area contributed by atoms with Gasteiger partial charge < -0.3 is 16.2 Å². The summed E-state index contributed by atoms with van der Waals surface area (Å²) in [4.78, 5) is 33.1. The van der Waals surface area contributed by atoms with E-state index in [0.717, 1.165) is 0 Å². The number of ether oxygens (including phenoxy) is 1. The van der Waals surface area contributed by atoms with Gasteiger partial charge in [0.2, 0.25) is 0 Å². The van der Waals surface area contributed by atoms with Gasteiger partial charge in [0, 0.05) is 5.69 Å². The van der Waals surface area contributed by atoms with E-state index >= 15 is 0 Å². The third-order valence-electron chi connectivity index (χ3n) is 2.11. The first-order valence-electron chi connectivity index (χ1n) is 5.03. The van der Waals surface area contributed by atoms with Crippen molar-refractivity contribution in [1.29, 1.82) is 0 Å². The summed E-state index contributed by atoms with van der Waals surface area (Å²) in [5.74, 6) is -1.53. The van der Waals surface area contributed by atoms with Gasteiger partial charge in [-0.25, -0.2) is 9.59 Å². The number of imide groups is 1. The first-order valence-corrected chi connectivity index (χ1v) is 5.03. The van der Waals surface area contributed by atoms with E-state index in [1.165, 1.54) is 0 Å². The maximum Gasteiger partial charge on any atom is 0.341 e. The molecule has 0 saturated carbocycles. The molecule has 0 unspecified atom stereocenters. The smallest absolute Gasteiger partial charge is 0.341 e. The van der Waals surface area contributed by atoms with Crippen LogP contribution in [0.4, 0.5) is 10.5 Å². The molecule has 0 aliphatic heterocycles. The summed E-state index contributed by atoms with van der Waals surface area (Å²) in [6.45, 7) is 1.09. The Balaban J connectivity index is 2.66. The standard InChI is InChI=1S/C11H13N3O4/c1-6-3-2-4-7(12)9(6)10(16)18-5-8(15)14-11(13)17/h2-4H,5,12H2,1H3,(H3,13,14,15,17). The fourth-order valence-corrected chi connectivity index (χ4v) is 1.35. The predicted molar refractivity (Wildman–Crippen MR) is 63.6 cm³/mol. The predicted octanol–water partition coefficient (Wildman–Crippen LogP) is -0.0711. The Morgan fingerprint density at radius 3 is 2.56 bits per heavy atom. The van der Waals surface area contributed by atoms with E-state index in [1.807, 2.05) is 0 Å². The Morgan fingerprint density at radius 2 is 2.00 bits per heavy atom. The molecule has 0 radical (unpaired) electrons. The Bertz CT molecular complexity index is 479. The first-order chi connectivity index (χ1) is 8.41. The van der Waals surface area contributed by atoms with Crippen LogP contribution in [0.3, 0.4) is 0 Å². The zero-order valence-electron chi connectivity index (χ0n) is 9.73. The van der Waals surface area contributed by atoms with Crippen LogP contribution in [0, 0.1) is 6.92 Å². The summed E-state index contributed by atoms with van der Waals surface area (Å²) < 4.78 is 4.71. The number of amides is 3. The van der Waals surface area contributed by atoms with E-state index in [1.54, 1.807) is 30.4 Å².